The van der Waals surface area contributed by atoms with Gasteiger partial charge >= 0.3 is 0 Å². The van der Waals surface area contributed by atoms with Crippen molar-refractivity contribution in [3.63, 3.8) is 0 Å². The minimum absolute atomic E-state index is 0.0697. The first kappa shape index (κ1) is 16.4. The predicted octanol–water partition coefficient (Wildman–Crippen LogP) is 3.77. The fraction of sp³-hybridized carbons (Fsp3) is 0.571. The highest BCUT2D eigenvalue weighted by atomic mass is 32.2. The van der Waals surface area contributed by atoms with Gasteiger partial charge in [0.05, 0.1) is 4.90 Å². The topological polar surface area (TPSA) is 54.4 Å². The van der Waals surface area contributed by atoms with Crippen molar-refractivity contribution < 1.29 is 13.0 Å². The van der Waals surface area contributed by atoms with E-state index in [0.29, 0.717) is 6.42 Å². The van der Waals surface area contributed by atoms with E-state index in [1.165, 1.54) is 6.07 Å². The van der Waals surface area contributed by atoms with Crippen LogP contribution in [0.25, 0.3) is 0 Å². The van der Waals surface area contributed by atoms with Gasteiger partial charge in [-0.2, -0.15) is 8.42 Å². The Morgan fingerprint density at radius 1 is 1.21 bits per heavy atom. The standard InChI is InChI=1S/C14H24O3SSi/c1-5-12-8-9-14(18(15,16)17)13(11-12)7-6-10-19(2,3)4/h8-9,11H,5-7,10H2,1-4H3,(H,15,16,17). The van der Waals surface area contributed by atoms with Crippen molar-refractivity contribution in [2.75, 3.05) is 0 Å². The van der Waals surface area contributed by atoms with Crippen LogP contribution in [0.5, 0.6) is 0 Å². The molecule has 0 heterocycles. The number of rotatable bonds is 6. The summed E-state index contributed by atoms with van der Waals surface area (Å²) < 4.78 is 32.0. The van der Waals surface area contributed by atoms with Crippen molar-refractivity contribution in [3.05, 3.63) is 29.3 Å². The van der Waals surface area contributed by atoms with E-state index in [0.717, 1.165) is 30.0 Å². The smallest absolute Gasteiger partial charge is 0.282 e. The highest BCUT2D eigenvalue weighted by Gasteiger charge is 2.17. The van der Waals surface area contributed by atoms with E-state index in [2.05, 4.69) is 19.6 Å². The van der Waals surface area contributed by atoms with Crippen molar-refractivity contribution in [3.8, 4) is 0 Å². The Labute approximate surface area is 117 Å². The van der Waals surface area contributed by atoms with E-state index < -0.39 is 18.2 Å². The number of hydrogen-bond acceptors (Lipinski definition) is 2. The van der Waals surface area contributed by atoms with E-state index in [9.17, 15) is 13.0 Å². The van der Waals surface area contributed by atoms with Crippen LogP contribution in [0.15, 0.2) is 23.1 Å². The molecule has 5 heteroatoms. The van der Waals surface area contributed by atoms with Crippen molar-refractivity contribution in [2.45, 2.75) is 56.8 Å². The van der Waals surface area contributed by atoms with Gasteiger partial charge in [-0.3, -0.25) is 4.55 Å². The number of benzene rings is 1. The van der Waals surface area contributed by atoms with E-state index in [1.54, 1.807) is 6.07 Å². The Hall–Kier alpha value is -0.653. The third-order valence-corrected chi connectivity index (χ3v) is 5.99. The molecule has 1 rings (SSSR count). The van der Waals surface area contributed by atoms with E-state index in [-0.39, 0.29) is 4.90 Å². The van der Waals surface area contributed by atoms with Crippen molar-refractivity contribution >= 4 is 18.2 Å². The molecule has 1 aromatic rings. The molecule has 1 aromatic carbocycles. The lowest BCUT2D eigenvalue weighted by Crippen LogP contribution is -2.19. The third kappa shape index (κ3) is 5.46. The van der Waals surface area contributed by atoms with Crippen molar-refractivity contribution in [1.82, 2.24) is 0 Å². The third-order valence-electron chi connectivity index (χ3n) is 3.18. The molecule has 0 bridgehead atoms. The summed E-state index contributed by atoms with van der Waals surface area (Å²) in [5.41, 5.74) is 1.86. The van der Waals surface area contributed by atoms with Crippen LogP contribution in [0.1, 0.15) is 24.5 Å². The van der Waals surface area contributed by atoms with Crippen LogP contribution in [0.3, 0.4) is 0 Å². The normalized spacial score (nSPS) is 12.7. The lowest BCUT2D eigenvalue weighted by molar-refractivity contribution is 0.482. The fourth-order valence-electron chi connectivity index (χ4n) is 2.11. The lowest BCUT2D eigenvalue weighted by atomic mass is 10.1. The second-order valence-corrected chi connectivity index (χ2v) is 13.2. The molecule has 0 spiro atoms. The molecule has 0 aliphatic rings. The first-order valence-electron chi connectivity index (χ1n) is 6.73. The van der Waals surface area contributed by atoms with Crippen LogP contribution in [0.2, 0.25) is 25.7 Å². The number of hydrogen-bond donors (Lipinski definition) is 1. The summed E-state index contributed by atoms with van der Waals surface area (Å²) in [6, 6.07) is 6.37. The van der Waals surface area contributed by atoms with Crippen LogP contribution in [-0.2, 0) is 23.0 Å². The summed E-state index contributed by atoms with van der Waals surface area (Å²) in [6.07, 6.45) is 2.56. The molecule has 0 saturated carbocycles. The lowest BCUT2D eigenvalue weighted by Gasteiger charge is -2.16. The fourth-order valence-corrected chi connectivity index (χ4v) is 4.08. The molecule has 0 radical (unpaired) electrons. The minimum atomic E-state index is -4.11. The quantitative estimate of drug-likeness (QED) is 0.643. The first-order valence-corrected chi connectivity index (χ1v) is 11.9. The molecular weight excluding hydrogens is 276 g/mol. The Bertz CT molecular complexity index is 530. The van der Waals surface area contributed by atoms with Gasteiger partial charge in [0.2, 0.25) is 0 Å². The molecule has 0 unspecified atom stereocenters. The molecule has 108 valence electrons. The van der Waals surface area contributed by atoms with E-state index in [1.807, 2.05) is 13.0 Å². The van der Waals surface area contributed by atoms with Gasteiger partial charge in [0.25, 0.3) is 10.1 Å². The van der Waals surface area contributed by atoms with Crippen molar-refractivity contribution in [1.29, 1.82) is 0 Å². The summed E-state index contributed by atoms with van der Waals surface area (Å²) in [5, 5.41) is 0. The van der Waals surface area contributed by atoms with Crippen LogP contribution in [-0.4, -0.2) is 21.0 Å². The van der Waals surface area contributed by atoms with Gasteiger partial charge in [-0.25, -0.2) is 0 Å². The molecule has 0 aliphatic carbocycles. The average Bonchev–Trinajstić information content (AvgIpc) is 2.25. The highest BCUT2D eigenvalue weighted by molar-refractivity contribution is 7.85. The maximum atomic E-state index is 11.4. The first-order chi connectivity index (χ1) is 8.63. The van der Waals surface area contributed by atoms with Gasteiger partial charge in [-0.05, 0) is 30.0 Å². The molecular formula is C14H24O3SSi. The van der Waals surface area contributed by atoms with E-state index >= 15 is 0 Å². The Morgan fingerprint density at radius 3 is 2.32 bits per heavy atom. The molecule has 0 amide bonds. The van der Waals surface area contributed by atoms with Gasteiger partial charge in [-0.1, -0.05) is 51.2 Å². The second kappa shape index (κ2) is 6.20. The van der Waals surface area contributed by atoms with Gasteiger partial charge in [-0.15, -0.1) is 0 Å². The number of aryl methyl sites for hydroxylation is 2. The second-order valence-electron chi connectivity index (χ2n) is 6.18. The molecule has 0 atom stereocenters. The molecule has 0 saturated heterocycles. The molecule has 0 aromatic heterocycles. The Balaban J connectivity index is 2.96. The monoisotopic (exact) mass is 300 g/mol. The van der Waals surface area contributed by atoms with Crippen LogP contribution >= 0.6 is 0 Å². The van der Waals surface area contributed by atoms with Gasteiger partial charge < -0.3 is 0 Å². The summed E-state index contributed by atoms with van der Waals surface area (Å²) in [7, 11) is -5.22. The Morgan fingerprint density at radius 2 is 1.84 bits per heavy atom. The SMILES string of the molecule is CCc1ccc(S(=O)(=O)O)c(CCC[Si](C)(C)C)c1. The van der Waals surface area contributed by atoms with Crippen LogP contribution < -0.4 is 0 Å². The summed E-state index contributed by atoms with van der Waals surface area (Å²) in [5.74, 6) is 0. The van der Waals surface area contributed by atoms with Gasteiger partial charge in [0, 0.05) is 8.07 Å². The zero-order valence-corrected chi connectivity index (χ0v) is 14.0. The van der Waals surface area contributed by atoms with Crippen molar-refractivity contribution in [2.24, 2.45) is 0 Å². The minimum Gasteiger partial charge on any atom is -0.282 e. The maximum absolute atomic E-state index is 11.4. The highest BCUT2D eigenvalue weighted by Crippen LogP contribution is 2.22. The predicted molar refractivity (Wildman–Crippen MR) is 82.1 cm³/mol. The molecule has 0 aliphatic heterocycles. The maximum Gasteiger partial charge on any atom is 0.294 e. The van der Waals surface area contributed by atoms with Gasteiger partial charge in [0.1, 0.15) is 0 Å². The summed E-state index contributed by atoms with van der Waals surface area (Å²) >= 11 is 0. The Kier molecular flexibility index (Phi) is 5.35. The van der Waals surface area contributed by atoms with Gasteiger partial charge in [0.15, 0.2) is 0 Å². The van der Waals surface area contributed by atoms with Crippen LogP contribution in [0, 0.1) is 0 Å². The van der Waals surface area contributed by atoms with Crippen LogP contribution in [0.4, 0.5) is 0 Å². The summed E-state index contributed by atoms with van der Waals surface area (Å²) in [6.45, 7) is 8.95. The zero-order chi connectivity index (χ0) is 14.7. The van der Waals surface area contributed by atoms with E-state index in [4.69, 9.17) is 0 Å². The summed E-state index contributed by atoms with van der Waals surface area (Å²) in [4.78, 5) is 0.0697. The average molecular weight is 300 g/mol. The molecule has 1 N–H and O–H groups in total. The molecule has 3 nitrogen and oxygen atoms in total. The zero-order valence-electron chi connectivity index (χ0n) is 12.2. The largest absolute Gasteiger partial charge is 0.294 e. The molecule has 0 fully saturated rings. The molecule has 19 heavy (non-hydrogen) atoms.